The molecule has 0 aliphatic carbocycles. The highest BCUT2D eigenvalue weighted by Crippen LogP contribution is 2.36. The largest absolute Gasteiger partial charge is 0.492 e. The Morgan fingerprint density at radius 3 is 1.48 bits per heavy atom. The van der Waals surface area contributed by atoms with Crippen LogP contribution in [0.25, 0.3) is 0 Å². The van der Waals surface area contributed by atoms with Crippen LogP contribution >= 0.6 is 46.4 Å². The monoisotopic (exact) mass is 504 g/mol. The second-order valence-electron chi connectivity index (χ2n) is 7.83. The van der Waals surface area contributed by atoms with Crippen molar-refractivity contribution in [2.45, 2.75) is 44.3 Å². The van der Waals surface area contributed by atoms with Gasteiger partial charge in [-0.15, -0.1) is 0 Å². The van der Waals surface area contributed by atoms with Crippen molar-refractivity contribution >= 4 is 46.4 Å². The Bertz CT molecular complexity index is 839. The zero-order valence-electron chi connectivity index (χ0n) is 17.0. The molecule has 2 atom stereocenters. The van der Waals surface area contributed by atoms with Gasteiger partial charge < -0.3 is 18.9 Å². The molecule has 2 saturated heterocycles. The SMILES string of the molecule is Clc1cc(Cl)c(OCCCCCOc2c(Cl)cc(Cl)cc2CC2CO2)c(CC2CO2)c1. The molecule has 4 nitrogen and oxygen atoms in total. The molecular weight excluding hydrogens is 482 g/mol. The second kappa shape index (κ2) is 10.8. The summed E-state index contributed by atoms with van der Waals surface area (Å²) in [6, 6.07) is 7.23. The Kier molecular flexibility index (Phi) is 8.13. The summed E-state index contributed by atoms with van der Waals surface area (Å²) >= 11 is 25.0. The van der Waals surface area contributed by atoms with Crippen LogP contribution in [0.3, 0.4) is 0 Å². The van der Waals surface area contributed by atoms with Gasteiger partial charge >= 0.3 is 0 Å². The first-order chi connectivity index (χ1) is 15.0. The maximum atomic E-state index is 6.35. The summed E-state index contributed by atoms with van der Waals surface area (Å²) in [5.41, 5.74) is 1.99. The first-order valence-corrected chi connectivity index (χ1v) is 12.0. The minimum Gasteiger partial charge on any atom is -0.492 e. The molecule has 2 unspecified atom stereocenters. The Balaban J connectivity index is 1.21. The van der Waals surface area contributed by atoms with Crippen LogP contribution < -0.4 is 9.47 Å². The third-order valence-corrected chi connectivity index (χ3v) is 6.15. The predicted molar refractivity (Wildman–Crippen MR) is 125 cm³/mol. The van der Waals surface area contributed by atoms with Crippen LogP contribution in [0.5, 0.6) is 11.5 Å². The van der Waals surface area contributed by atoms with Crippen molar-refractivity contribution in [3.8, 4) is 11.5 Å². The van der Waals surface area contributed by atoms with Crippen LogP contribution in [0.15, 0.2) is 24.3 Å². The van der Waals surface area contributed by atoms with Gasteiger partial charge in [-0.05, 0) is 54.7 Å². The molecule has 0 N–H and O–H groups in total. The molecule has 4 rings (SSSR count). The minimum absolute atomic E-state index is 0.241. The van der Waals surface area contributed by atoms with Gasteiger partial charge in [-0.3, -0.25) is 0 Å². The van der Waals surface area contributed by atoms with Crippen molar-refractivity contribution in [2.24, 2.45) is 0 Å². The van der Waals surface area contributed by atoms with Crippen LogP contribution in [0, 0.1) is 0 Å². The van der Waals surface area contributed by atoms with E-state index in [9.17, 15) is 0 Å². The quantitative estimate of drug-likeness (QED) is 0.234. The number of hydrogen-bond acceptors (Lipinski definition) is 4. The predicted octanol–water partition coefficient (Wildman–Crippen LogP) is 6.81. The number of rotatable bonds is 12. The fourth-order valence-corrected chi connectivity index (χ4v) is 4.63. The van der Waals surface area contributed by atoms with Crippen molar-refractivity contribution in [3.63, 3.8) is 0 Å². The van der Waals surface area contributed by atoms with Gasteiger partial charge in [0, 0.05) is 22.9 Å². The van der Waals surface area contributed by atoms with E-state index in [1.54, 1.807) is 12.1 Å². The van der Waals surface area contributed by atoms with E-state index in [2.05, 4.69) is 0 Å². The fraction of sp³-hybridized carbons (Fsp3) is 0.478. The zero-order valence-corrected chi connectivity index (χ0v) is 20.0. The van der Waals surface area contributed by atoms with E-state index in [4.69, 9.17) is 65.4 Å². The van der Waals surface area contributed by atoms with Crippen LogP contribution in [-0.2, 0) is 22.3 Å². The standard InChI is InChI=1S/C23H24Cl4O4/c24-16-6-14(8-18-12-30-18)22(20(26)10-16)28-4-2-1-3-5-29-23-15(9-19-13-31-19)7-17(25)11-21(23)27/h6-7,10-11,18-19H,1-5,8-9,12-13H2. The second-order valence-corrected chi connectivity index (χ2v) is 9.52. The topological polar surface area (TPSA) is 43.5 Å². The van der Waals surface area contributed by atoms with Crippen molar-refractivity contribution in [3.05, 3.63) is 55.5 Å². The van der Waals surface area contributed by atoms with Gasteiger partial charge in [-0.2, -0.15) is 0 Å². The Morgan fingerprint density at radius 1 is 0.677 bits per heavy atom. The maximum Gasteiger partial charge on any atom is 0.141 e. The van der Waals surface area contributed by atoms with Gasteiger partial charge in [0.15, 0.2) is 0 Å². The normalized spacial score (nSPS) is 19.4. The number of ether oxygens (including phenoxy) is 4. The van der Waals surface area contributed by atoms with E-state index in [1.807, 2.05) is 12.1 Å². The summed E-state index contributed by atoms with van der Waals surface area (Å²) in [6.45, 7) is 2.70. The molecule has 2 heterocycles. The summed E-state index contributed by atoms with van der Waals surface area (Å²) in [4.78, 5) is 0. The molecule has 8 heteroatoms. The highest BCUT2D eigenvalue weighted by molar-refractivity contribution is 6.36. The Labute approximate surface area is 202 Å². The molecule has 2 aromatic rings. The molecule has 2 aromatic carbocycles. The van der Waals surface area contributed by atoms with Gasteiger partial charge in [-0.1, -0.05) is 46.4 Å². The lowest BCUT2D eigenvalue weighted by molar-refractivity contribution is 0.276. The molecule has 2 aliphatic heterocycles. The van der Waals surface area contributed by atoms with Gasteiger partial charge in [-0.25, -0.2) is 0 Å². The van der Waals surface area contributed by atoms with Crippen molar-refractivity contribution in [1.29, 1.82) is 0 Å². The van der Waals surface area contributed by atoms with E-state index in [1.165, 1.54) is 0 Å². The summed E-state index contributed by atoms with van der Waals surface area (Å²) in [5.74, 6) is 1.41. The number of epoxide rings is 2. The molecule has 2 aliphatic rings. The lowest BCUT2D eigenvalue weighted by Gasteiger charge is -2.14. The van der Waals surface area contributed by atoms with Crippen LogP contribution in [-0.4, -0.2) is 38.6 Å². The molecule has 0 aromatic heterocycles. The van der Waals surface area contributed by atoms with Crippen LogP contribution in [0.1, 0.15) is 30.4 Å². The highest BCUT2D eigenvalue weighted by atomic mass is 35.5. The zero-order chi connectivity index (χ0) is 21.8. The van der Waals surface area contributed by atoms with Gasteiger partial charge in [0.05, 0.1) is 48.7 Å². The van der Waals surface area contributed by atoms with Gasteiger partial charge in [0.2, 0.25) is 0 Å². The van der Waals surface area contributed by atoms with Crippen molar-refractivity contribution in [1.82, 2.24) is 0 Å². The van der Waals surface area contributed by atoms with E-state index < -0.39 is 0 Å². The van der Waals surface area contributed by atoms with Crippen molar-refractivity contribution in [2.75, 3.05) is 26.4 Å². The molecule has 0 saturated carbocycles. The molecule has 0 amide bonds. The first kappa shape index (κ1) is 23.3. The Morgan fingerprint density at radius 2 is 1.10 bits per heavy atom. The number of benzene rings is 2. The summed E-state index contributed by atoms with van der Waals surface area (Å²) in [6.07, 6.45) is 4.74. The molecule has 2 fully saturated rings. The third-order valence-electron chi connectivity index (χ3n) is 5.15. The minimum atomic E-state index is 0.241. The van der Waals surface area contributed by atoms with E-state index in [0.29, 0.717) is 44.8 Å². The van der Waals surface area contributed by atoms with Crippen molar-refractivity contribution < 1.29 is 18.9 Å². The number of hydrogen-bond donors (Lipinski definition) is 0. The summed E-state index contributed by atoms with van der Waals surface area (Å²) in [5, 5.41) is 2.30. The lowest BCUT2D eigenvalue weighted by atomic mass is 10.1. The average molecular weight is 506 g/mol. The summed E-state index contributed by atoms with van der Waals surface area (Å²) in [7, 11) is 0. The van der Waals surface area contributed by atoms with Gasteiger partial charge in [0.25, 0.3) is 0 Å². The third kappa shape index (κ3) is 7.05. The first-order valence-electron chi connectivity index (χ1n) is 10.4. The summed E-state index contributed by atoms with van der Waals surface area (Å²) < 4.78 is 22.6. The molecule has 0 radical (unpaired) electrons. The fourth-order valence-electron chi connectivity index (χ4n) is 3.45. The van der Waals surface area contributed by atoms with E-state index >= 15 is 0 Å². The van der Waals surface area contributed by atoms with Crippen LogP contribution in [0.4, 0.5) is 0 Å². The number of unbranched alkanes of at least 4 members (excludes halogenated alkanes) is 2. The van der Waals surface area contributed by atoms with Gasteiger partial charge in [0.1, 0.15) is 11.5 Å². The van der Waals surface area contributed by atoms with E-state index in [0.717, 1.165) is 56.4 Å². The number of halogens is 4. The highest BCUT2D eigenvalue weighted by Gasteiger charge is 2.26. The molecule has 31 heavy (non-hydrogen) atoms. The molecule has 0 bridgehead atoms. The average Bonchev–Trinajstić information content (AvgIpc) is 3.61. The molecular formula is C23H24Cl4O4. The van der Waals surface area contributed by atoms with E-state index in [-0.39, 0.29) is 12.2 Å². The lowest BCUT2D eigenvalue weighted by Crippen LogP contribution is -2.06. The maximum absolute atomic E-state index is 6.35. The molecule has 0 spiro atoms. The molecule has 168 valence electrons. The Hall–Kier alpha value is -0.880. The van der Waals surface area contributed by atoms with Crippen LogP contribution in [0.2, 0.25) is 20.1 Å². The smallest absolute Gasteiger partial charge is 0.141 e.